The number of ether oxygens (including phenoxy) is 3. The van der Waals surface area contributed by atoms with Crippen molar-refractivity contribution in [2.45, 2.75) is 20.0 Å². The quantitative estimate of drug-likeness (QED) is 0.757. The van der Waals surface area contributed by atoms with Gasteiger partial charge in [0.1, 0.15) is 5.75 Å². The Hall–Kier alpha value is -2.73. The van der Waals surface area contributed by atoms with Crippen LogP contribution < -0.4 is 19.5 Å². The summed E-state index contributed by atoms with van der Waals surface area (Å²) in [6.45, 7) is 3.90. The van der Waals surface area contributed by atoms with Crippen LogP contribution in [0.2, 0.25) is 0 Å². The Morgan fingerprint density at radius 3 is 2.50 bits per heavy atom. The number of aliphatic hydroxyl groups excluding tert-OH is 1. The van der Waals surface area contributed by atoms with E-state index in [0.717, 1.165) is 11.1 Å². The highest BCUT2D eigenvalue weighted by Crippen LogP contribution is 2.29. The van der Waals surface area contributed by atoms with Gasteiger partial charge >= 0.3 is 0 Å². The molecule has 0 spiro atoms. The van der Waals surface area contributed by atoms with E-state index in [-0.39, 0.29) is 19.1 Å². The monoisotopic (exact) mass is 359 g/mol. The molecule has 0 fully saturated rings. The molecule has 2 aromatic rings. The zero-order valence-corrected chi connectivity index (χ0v) is 15.5. The van der Waals surface area contributed by atoms with E-state index in [1.807, 2.05) is 32.0 Å². The predicted octanol–water partition coefficient (Wildman–Crippen LogP) is 2.55. The van der Waals surface area contributed by atoms with Crippen molar-refractivity contribution >= 4 is 5.91 Å². The fourth-order valence-corrected chi connectivity index (χ4v) is 2.46. The summed E-state index contributed by atoms with van der Waals surface area (Å²) in [5, 5.41) is 12.9. The first-order valence-electron chi connectivity index (χ1n) is 8.32. The highest BCUT2D eigenvalue weighted by Gasteiger charge is 2.13. The molecule has 0 saturated heterocycles. The van der Waals surface area contributed by atoms with Gasteiger partial charge in [-0.05, 0) is 48.7 Å². The van der Waals surface area contributed by atoms with E-state index in [1.165, 1.54) is 7.11 Å². The van der Waals surface area contributed by atoms with Gasteiger partial charge in [-0.2, -0.15) is 0 Å². The van der Waals surface area contributed by atoms with E-state index in [4.69, 9.17) is 14.2 Å². The third-order valence-corrected chi connectivity index (χ3v) is 4.20. The van der Waals surface area contributed by atoms with E-state index in [9.17, 15) is 9.90 Å². The lowest BCUT2D eigenvalue weighted by molar-refractivity contribution is -0.123. The van der Waals surface area contributed by atoms with Crippen molar-refractivity contribution in [2.24, 2.45) is 0 Å². The fourth-order valence-electron chi connectivity index (χ4n) is 2.46. The summed E-state index contributed by atoms with van der Waals surface area (Å²) in [7, 11) is 3.07. The van der Waals surface area contributed by atoms with Gasteiger partial charge in [0.2, 0.25) is 0 Å². The largest absolute Gasteiger partial charge is 0.493 e. The molecule has 0 aliphatic heterocycles. The summed E-state index contributed by atoms with van der Waals surface area (Å²) in [6.07, 6.45) is -0.862. The maximum absolute atomic E-state index is 12.0. The summed E-state index contributed by atoms with van der Waals surface area (Å²) in [5.74, 6) is 1.48. The number of nitrogens with one attached hydrogen (secondary N) is 1. The number of methoxy groups -OCH3 is 2. The summed E-state index contributed by atoms with van der Waals surface area (Å²) in [6, 6.07) is 10.8. The Morgan fingerprint density at radius 1 is 1.08 bits per heavy atom. The number of hydrogen-bond donors (Lipinski definition) is 2. The zero-order chi connectivity index (χ0) is 19.1. The number of carbonyl (C=O) groups is 1. The van der Waals surface area contributed by atoms with Gasteiger partial charge in [-0.1, -0.05) is 18.2 Å². The van der Waals surface area contributed by atoms with Crippen LogP contribution in [0, 0.1) is 13.8 Å². The molecule has 0 aliphatic rings. The second-order valence-electron chi connectivity index (χ2n) is 5.92. The molecule has 2 rings (SSSR count). The van der Waals surface area contributed by atoms with Crippen LogP contribution in [0.1, 0.15) is 22.8 Å². The van der Waals surface area contributed by atoms with Crippen molar-refractivity contribution in [3.63, 3.8) is 0 Å². The molecule has 140 valence electrons. The molecular formula is C20H25NO5. The second kappa shape index (κ2) is 9.10. The first-order valence-corrected chi connectivity index (χ1v) is 8.32. The Kier molecular flexibility index (Phi) is 6.86. The molecule has 6 heteroatoms. The van der Waals surface area contributed by atoms with Crippen molar-refractivity contribution in [3.8, 4) is 17.2 Å². The average Bonchev–Trinajstić information content (AvgIpc) is 2.66. The molecule has 0 heterocycles. The Labute approximate surface area is 153 Å². The van der Waals surface area contributed by atoms with Gasteiger partial charge in [0.05, 0.1) is 20.3 Å². The number of hydrogen-bond acceptors (Lipinski definition) is 5. The number of aliphatic hydroxyl groups is 1. The van der Waals surface area contributed by atoms with Crippen molar-refractivity contribution in [1.29, 1.82) is 0 Å². The van der Waals surface area contributed by atoms with E-state index in [2.05, 4.69) is 5.32 Å². The first kappa shape index (κ1) is 19.6. The lowest BCUT2D eigenvalue weighted by atomic mass is 10.1. The minimum Gasteiger partial charge on any atom is -0.493 e. The molecule has 1 atom stereocenters. The van der Waals surface area contributed by atoms with Gasteiger partial charge in [0, 0.05) is 6.54 Å². The van der Waals surface area contributed by atoms with Crippen LogP contribution in [0.5, 0.6) is 17.2 Å². The highest BCUT2D eigenvalue weighted by molar-refractivity contribution is 5.77. The van der Waals surface area contributed by atoms with E-state index < -0.39 is 6.10 Å². The lowest BCUT2D eigenvalue weighted by Gasteiger charge is -2.15. The maximum atomic E-state index is 12.0. The Morgan fingerprint density at radius 2 is 1.81 bits per heavy atom. The number of carbonyl (C=O) groups excluding carboxylic acids is 1. The molecule has 0 aliphatic carbocycles. The Balaban J connectivity index is 1.87. The van der Waals surface area contributed by atoms with Crippen LogP contribution >= 0.6 is 0 Å². The molecule has 2 N–H and O–H groups in total. The molecule has 0 radical (unpaired) electrons. The van der Waals surface area contributed by atoms with Crippen LogP contribution in [0.3, 0.4) is 0 Å². The highest BCUT2D eigenvalue weighted by atomic mass is 16.5. The summed E-state index contributed by atoms with van der Waals surface area (Å²) >= 11 is 0. The maximum Gasteiger partial charge on any atom is 0.258 e. The van der Waals surface area contributed by atoms with Gasteiger partial charge in [-0.25, -0.2) is 0 Å². The average molecular weight is 359 g/mol. The van der Waals surface area contributed by atoms with Gasteiger partial charge < -0.3 is 24.6 Å². The second-order valence-corrected chi connectivity index (χ2v) is 5.92. The molecular weight excluding hydrogens is 334 g/mol. The standard InChI is InChI=1S/C20H25NO5/c1-13-6-5-7-17(14(13)2)26-12-20(23)21-11-16(22)15-8-9-18(24-3)19(10-15)25-4/h5-10,16,22H,11-12H2,1-4H3,(H,21,23). The van der Waals surface area contributed by atoms with Crippen molar-refractivity contribution in [3.05, 3.63) is 53.1 Å². The SMILES string of the molecule is COc1ccc(C(O)CNC(=O)COc2cccc(C)c2C)cc1OC. The third kappa shape index (κ3) is 4.89. The minimum atomic E-state index is -0.862. The van der Waals surface area contributed by atoms with E-state index in [0.29, 0.717) is 22.8 Å². The molecule has 0 bridgehead atoms. The van der Waals surface area contributed by atoms with E-state index >= 15 is 0 Å². The lowest BCUT2D eigenvalue weighted by Crippen LogP contribution is -2.32. The fraction of sp³-hybridized carbons (Fsp3) is 0.350. The molecule has 1 unspecified atom stereocenters. The zero-order valence-electron chi connectivity index (χ0n) is 15.5. The number of benzene rings is 2. The number of rotatable bonds is 8. The van der Waals surface area contributed by atoms with Crippen LogP contribution in [0.15, 0.2) is 36.4 Å². The van der Waals surface area contributed by atoms with Crippen LogP contribution in [0.25, 0.3) is 0 Å². The summed E-state index contributed by atoms with van der Waals surface area (Å²) in [5.41, 5.74) is 2.73. The van der Waals surface area contributed by atoms with Crippen molar-refractivity contribution in [1.82, 2.24) is 5.32 Å². The van der Waals surface area contributed by atoms with Gasteiger partial charge in [0.15, 0.2) is 18.1 Å². The molecule has 6 nitrogen and oxygen atoms in total. The van der Waals surface area contributed by atoms with Crippen LogP contribution in [-0.4, -0.2) is 38.4 Å². The van der Waals surface area contributed by atoms with Crippen LogP contribution in [0.4, 0.5) is 0 Å². The first-order chi connectivity index (χ1) is 12.5. The third-order valence-electron chi connectivity index (χ3n) is 4.20. The minimum absolute atomic E-state index is 0.0739. The van der Waals surface area contributed by atoms with Crippen LogP contribution in [-0.2, 0) is 4.79 Å². The molecule has 0 saturated carbocycles. The topological polar surface area (TPSA) is 77.0 Å². The Bertz CT molecular complexity index is 760. The summed E-state index contributed by atoms with van der Waals surface area (Å²) in [4.78, 5) is 12.0. The van der Waals surface area contributed by atoms with Gasteiger partial charge in [0.25, 0.3) is 5.91 Å². The predicted molar refractivity (Wildman–Crippen MR) is 98.9 cm³/mol. The molecule has 0 aromatic heterocycles. The molecule has 2 aromatic carbocycles. The van der Waals surface area contributed by atoms with Gasteiger partial charge in [-0.3, -0.25) is 4.79 Å². The number of amides is 1. The summed E-state index contributed by atoms with van der Waals surface area (Å²) < 4.78 is 15.9. The van der Waals surface area contributed by atoms with Gasteiger partial charge in [-0.15, -0.1) is 0 Å². The van der Waals surface area contributed by atoms with Crippen molar-refractivity contribution < 1.29 is 24.1 Å². The smallest absolute Gasteiger partial charge is 0.258 e. The number of aryl methyl sites for hydroxylation is 1. The molecule has 26 heavy (non-hydrogen) atoms. The molecule has 1 amide bonds. The normalized spacial score (nSPS) is 11.6. The van der Waals surface area contributed by atoms with Crippen molar-refractivity contribution in [2.75, 3.05) is 27.4 Å². The van der Waals surface area contributed by atoms with E-state index in [1.54, 1.807) is 25.3 Å².